The van der Waals surface area contributed by atoms with E-state index >= 15 is 0 Å². The Morgan fingerprint density at radius 2 is 1.57 bits per heavy atom. The largest absolute Gasteiger partial charge is 0.370 e. The minimum atomic E-state index is 0.119. The van der Waals surface area contributed by atoms with Gasteiger partial charge in [0.25, 0.3) is 0 Å². The van der Waals surface area contributed by atoms with Crippen LogP contribution in [0.3, 0.4) is 0 Å². The van der Waals surface area contributed by atoms with Crippen molar-refractivity contribution in [3.05, 3.63) is 35.5 Å². The van der Waals surface area contributed by atoms with Crippen LogP contribution in [0.25, 0.3) is 10.9 Å². The van der Waals surface area contributed by atoms with Gasteiger partial charge >= 0.3 is 0 Å². The van der Waals surface area contributed by atoms with E-state index in [9.17, 15) is 0 Å². The molecule has 0 amide bonds. The van der Waals surface area contributed by atoms with Crippen LogP contribution in [0.5, 0.6) is 0 Å². The molecule has 9 N–H and O–H groups in total. The van der Waals surface area contributed by atoms with Crippen molar-refractivity contribution in [2.75, 3.05) is 13.1 Å². The number of aliphatic imine (C=N–C) groups is 2. The fourth-order valence-corrected chi connectivity index (χ4v) is 2.15. The maximum Gasteiger partial charge on any atom is 0.185 e. The topological polar surface area (TPSA) is 145 Å². The number of fused-ring (bicyclic) bond motifs is 1. The smallest absolute Gasteiger partial charge is 0.185 e. The molecule has 1 heterocycles. The number of nitrogens with two attached hydrogens (primary N) is 4. The van der Waals surface area contributed by atoms with Crippen molar-refractivity contribution in [2.45, 2.75) is 12.8 Å². The maximum absolute atomic E-state index is 5.31. The molecule has 1 aromatic carbocycles. The third-order valence-electron chi connectivity index (χ3n) is 3.11. The predicted octanol–water partition coefficient (Wildman–Crippen LogP) is -0.200. The van der Waals surface area contributed by atoms with Crippen LogP contribution in [0.2, 0.25) is 0 Å². The first-order chi connectivity index (χ1) is 10.0. The molecule has 0 spiro atoms. The number of benzene rings is 1. The zero-order valence-corrected chi connectivity index (χ0v) is 11.8. The summed E-state index contributed by atoms with van der Waals surface area (Å²) in [4.78, 5) is 11.3. The van der Waals surface area contributed by atoms with Crippen LogP contribution in [0.1, 0.15) is 11.3 Å². The molecule has 0 saturated carbocycles. The van der Waals surface area contributed by atoms with Gasteiger partial charge < -0.3 is 27.9 Å². The fourth-order valence-electron chi connectivity index (χ4n) is 2.15. The molecule has 0 aliphatic rings. The van der Waals surface area contributed by atoms with Crippen LogP contribution in [-0.2, 0) is 12.8 Å². The number of aromatic amines is 1. The maximum atomic E-state index is 5.31. The Kier molecular flexibility index (Phi) is 4.65. The van der Waals surface area contributed by atoms with Crippen molar-refractivity contribution >= 4 is 22.8 Å². The highest BCUT2D eigenvalue weighted by atomic mass is 15.0. The molecule has 0 saturated heterocycles. The molecule has 0 aliphatic heterocycles. The Morgan fingerprint density at radius 3 is 2.24 bits per heavy atom. The fraction of sp³-hybridized carbons (Fsp3) is 0.286. The third-order valence-corrected chi connectivity index (χ3v) is 3.11. The molecule has 112 valence electrons. The Balaban J connectivity index is 2.05. The normalized spacial score (nSPS) is 10.5. The van der Waals surface area contributed by atoms with Crippen molar-refractivity contribution in [1.82, 2.24) is 4.98 Å². The van der Waals surface area contributed by atoms with Crippen LogP contribution >= 0.6 is 0 Å². The van der Waals surface area contributed by atoms with Crippen LogP contribution in [-0.4, -0.2) is 30.0 Å². The highest BCUT2D eigenvalue weighted by Gasteiger charge is 2.02. The van der Waals surface area contributed by atoms with E-state index in [0.29, 0.717) is 13.1 Å². The van der Waals surface area contributed by atoms with E-state index in [0.717, 1.165) is 29.4 Å². The number of hydrogen-bond donors (Lipinski definition) is 5. The molecule has 0 atom stereocenters. The van der Waals surface area contributed by atoms with Crippen molar-refractivity contribution in [3.63, 3.8) is 0 Å². The third kappa shape index (κ3) is 4.41. The lowest BCUT2D eigenvalue weighted by Crippen LogP contribution is -2.23. The average Bonchev–Trinajstić information content (AvgIpc) is 2.79. The van der Waals surface area contributed by atoms with Gasteiger partial charge in [-0.25, -0.2) is 0 Å². The minimum Gasteiger partial charge on any atom is -0.370 e. The molecule has 2 aromatic rings. The minimum absolute atomic E-state index is 0.119. The quantitative estimate of drug-likeness (QED) is 0.370. The van der Waals surface area contributed by atoms with Gasteiger partial charge in [-0.05, 0) is 35.6 Å². The molecular formula is C14H21N7. The van der Waals surface area contributed by atoms with E-state index in [2.05, 4.69) is 39.2 Å². The van der Waals surface area contributed by atoms with E-state index in [1.807, 2.05) is 0 Å². The van der Waals surface area contributed by atoms with Gasteiger partial charge in [0.1, 0.15) is 0 Å². The monoisotopic (exact) mass is 287 g/mol. The summed E-state index contributed by atoms with van der Waals surface area (Å²) >= 11 is 0. The highest BCUT2D eigenvalue weighted by Crippen LogP contribution is 2.18. The van der Waals surface area contributed by atoms with Gasteiger partial charge in [-0.1, -0.05) is 6.07 Å². The molecule has 7 heteroatoms. The number of rotatable bonds is 6. The molecule has 1 aromatic heterocycles. The molecule has 21 heavy (non-hydrogen) atoms. The van der Waals surface area contributed by atoms with Crippen LogP contribution in [0.15, 0.2) is 34.3 Å². The van der Waals surface area contributed by atoms with Gasteiger partial charge in [0, 0.05) is 30.7 Å². The van der Waals surface area contributed by atoms with E-state index in [1.54, 1.807) is 0 Å². The number of nitrogens with one attached hydrogen (secondary N) is 1. The Morgan fingerprint density at radius 1 is 0.905 bits per heavy atom. The average molecular weight is 287 g/mol. The molecule has 0 fully saturated rings. The summed E-state index contributed by atoms with van der Waals surface area (Å²) in [5.41, 5.74) is 24.6. The van der Waals surface area contributed by atoms with Crippen molar-refractivity contribution < 1.29 is 0 Å². The standard InChI is InChI=1S/C14H21N7/c15-13(16)19-5-3-9-1-2-12-10(7-9)8-11(21-12)4-6-20-14(17)18/h1-2,7-8,21H,3-6H2,(H4,15,16,19)(H4,17,18,20). The molecule has 0 radical (unpaired) electrons. The summed E-state index contributed by atoms with van der Waals surface area (Å²) in [6.07, 6.45) is 1.58. The van der Waals surface area contributed by atoms with Crippen molar-refractivity contribution in [2.24, 2.45) is 32.9 Å². The second kappa shape index (κ2) is 6.65. The van der Waals surface area contributed by atoms with E-state index in [1.165, 1.54) is 5.56 Å². The SMILES string of the molecule is NC(N)=NCCc1ccc2[nH]c(CCN=C(N)N)cc2c1. The summed E-state index contributed by atoms with van der Waals surface area (Å²) in [7, 11) is 0. The number of aromatic nitrogens is 1. The Bertz CT molecular complexity index is 641. The number of guanidine groups is 2. The van der Waals surface area contributed by atoms with Crippen LogP contribution < -0.4 is 22.9 Å². The van der Waals surface area contributed by atoms with E-state index in [4.69, 9.17) is 22.9 Å². The molecule has 2 rings (SSSR count). The molecule has 0 aliphatic carbocycles. The van der Waals surface area contributed by atoms with Crippen molar-refractivity contribution in [1.29, 1.82) is 0 Å². The van der Waals surface area contributed by atoms with Gasteiger partial charge in [0.05, 0.1) is 0 Å². The molecule has 7 nitrogen and oxygen atoms in total. The number of hydrogen-bond acceptors (Lipinski definition) is 2. The first-order valence-corrected chi connectivity index (χ1v) is 6.76. The predicted molar refractivity (Wildman–Crippen MR) is 87.1 cm³/mol. The van der Waals surface area contributed by atoms with Gasteiger partial charge in [-0.15, -0.1) is 0 Å². The van der Waals surface area contributed by atoms with Crippen LogP contribution in [0.4, 0.5) is 0 Å². The first kappa shape index (κ1) is 14.7. The molecule has 0 bridgehead atoms. The van der Waals surface area contributed by atoms with Gasteiger partial charge in [0.15, 0.2) is 11.9 Å². The lowest BCUT2D eigenvalue weighted by molar-refractivity contribution is 0.935. The van der Waals surface area contributed by atoms with Crippen LogP contribution in [0, 0.1) is 0 Å². The summed E-state index contributed by atoms with van der Waals surface area (Å²) in [5, 5.41) is 1.16. The molecule has 0 unspecified atom stereocenters. The summed E-state index contributed by atoms with van der Waals surface area (Å²) in [5.74, 6) is 0.243. The summed E-state index contributed by atoms with van der Waals surface area (Å²) < 4.78 is 0. The van der Waals surface area contributed by atoms with Gasteiger partial charge in [-0.3, -0.25) is 9.98 Å². The Hall–Kier alpha value is -2.70. The second-order valence-corrected chi connectivity index (χ2v) is 4.83. The van der Waals surface area contributed by atoms with Crippen molar-refractivity contribution in [3.8, 4) is 0 Å². The Labute approximate surface area is 123 Å². The van der Waals surface area contributed by atoms with E-state index in [-0.39, 0.29) is 11.9 Å². The first-order valence-electron chi connectivity index (χ1n) is 6.76. The molecular weight excluding hydrogens is 266 g/mol. The summed E-state index contributed by atoms with van der Waals surface area (Å²) in [6.45, 7) is 1.17. The van der Waals surface area contributed by atoms with Gasteiger partial charge in [-0.2, -0.15) is 0 Å². The van der Waals surface area contributed by atoms with E-state index < -0.39 is 0 Å². The lowest BCUT2D eigenvalue weighted by atomic mass is 10.1. The lowest BCUT2D eigenvalue weighted by Gasteiger charge is -1.99. The van der Waals surface area contributed by atoms with Gasteiger partial charge in [0.2, 0.25) is 0 Å². The number of H-pyrrole nitrogens is 1. The second-order valence-electron chi connectivity index (χ2n) is 4.83. The number of nitrogens with zero attached hydrogens (tertiary/aromatic N) is 2. The zero-order chi connectivity index (χ0) is 15.2. The summed E-state index contributed by atoms with van der Waals surface area (Å²) in [6, 6.07) is 8.38. The highest BCUT2D eigenvalue weighted by molar-refractivity contribution is 5.81. The zero-order valence-electron chi connectivity index (χ0n) is 11.8.